The standard InChI is InChI=1S/C15H20BrNO3/c1-10-5-13(6-11(2)15(10)16)17-14(18)9-20-8-12-3-4-19-7-12/h5-6,12H,3-4,7-9H2,1-2H3,(H,17,18). The zero-order valence-electron chi connectivity index (χ0n) is 11.9. The number of ether oxygens (including phenoxy) is 2. The van der Waals surface area contributed by atoms with Gasteiger partial charge in [0, 0.05) is 22.7 Å². The Morgan fingerprint density at radius 1 is 1.45 bits per heavy atom. The first-order valence-electron chi connectivity index (χ1n) is 6.78. The van der Waals surface area contributed by atoms with Gasteiger partial charge in [0.15, 0.2) is 0 Å². The molecule has 1 amide bonds. The van der Waals surface area contributed by atoms with Crippen molar-refractivity contribution in [3.8, 4) is 0 Å². The first-order chi connectivity index (χ1) is 9.56. The van der Waals surface area contributed by atoms with Gasteiger partial charge in [-0.2, -0.15) is 0 Å². The lowest BCUT2D eigenvalue weighted by atomic mass is 10.1. The van der Waals surface area contributed by atoms with E-state index in [0.29, 0.717) is 12.5 Å². The Morgan fingerprint density at radius 3 is 2.75 bits per heavy atom. The third kappa shape index (κ3) is 4.30. The molecule has 1 unspecified atom stereocenters. The molecule has 1 aliphatic rings. The van der Waals surface area contributed by atoms with Crippen LogP contribution in [0, 0.1) is 19.8 Å². The van der Waals surface area contributed by atoms with E-state index in [-0.39, 0.29) is 12.5 Å². The summed E-state index contributed by atoms with van der Waals surface area (Å²) in [6.45, 7) is 6.23. The normalized spacial score (nSPS) is 18.2. The van der Waals surface area contributed by atoms with Gasteiger partial charge in [0.2, 0.25) is 5.91 Å². The number of amides is 1. The molecule has 110 valence electrons. The maximum atomic E-state index is 11.8. The maximum Gasteiger partial charge on any atom is 0.250 e. The SMILES string of the molecule is Cc1cc(NC(=O)COCC2CCOC2)cc(C)c1Br. The van der Waals surface area contributed by atoms with E-state index in [1.165, 1.54) is 0 Å². The lowest BCUT2D eigenvalue weighted by Crippen LogP contribution is -2.21. The van der Waals surface area contributed by atoms with Crippen molar-refractivity contribution in [2.45, 2.75) is 20.3 Å². The molecule has 4 nitrogen and oxygen atoms in total. The van der Waals surface area contributed by atoms with Crippen molar-refractivity contribution >= 4 is 27.5 Å². The summed E-state index contributed by atoms with van der Waals surface area (Å²) in [7, 11) is 0. The molecule has 1 aromatic carbocycles. The van der Waals surface area contributed by atoms with Crippen molar-refractivity contribution in [1.82, 2.24) is 0 Å². The molecule has 1 aromatic rings. The molecule has 0 aliphatic carbocycles. The fourth-order valence-corrected chi connectivity index (χ4v) is 2.48. The van der Waals surface area contributed by atoms with Gasteiger partial charge in [-0.15, -0.1) is 0 Å². The minimum absolute atomic E-state index is 0.0880. The highest BCUT2D eigenvalue weighted by Gasteiger charge is 2.16. The lowest BCUT2D eigenvalue weighted by Gasteiger charge is -2.11. The van der Waals surface area contributed by atoms with Crippen LogP contribution >= 0.6 is 15.9 Å². The van der Waals surface area contributed by atoms with E-state index in [1.54, 1.807) is 0 Å². The second kappa shape index (κ2) is 7.20. The molecule has 0 saturated carbocycles. The molecule has 1 heterocycles. The molecule has 1 N–H and O–H groups in total. The van der Waals surface area contributed by atoms with Gasteiger partial charge in [-0.05, 0) is 43.5 Å². The quantitative estimate of drug-likeness (QED) is 0.895. The number of nitrogens with one attached hydrogen (secondary N) is 1. The maximum absolute atomic E-state index is 11.8. The van der Waals surface area contributed by atoms with Crippen LogP contribution in [0.5, 0.6) is 0 Å². The van der Waals surface area contributed by atoms with Crippen LogP contribution in [-0.4, -0.2) is 32.3 Å². The minimum Gasteiger partial charge on any atom is -0.381 e. The average molecular weight is 342 g/mol. The highest BCUT2D eigenvalue weighted by molar-refractivity contribution is 9.10. The summed E-state index contributed by atoms with van der Waals surface area (Å²) in [6.07, 6.45) is 1.02. The Morgan fingerprint density at radius 2 is 2.15 bits per heavy atom. The molecule has 2 rings (SSSR count). The number of benzene rings is 1. The predicted molar refractivity (Wildman–Crippen MR) is 82.0 cm³/mol. The van der Waals surface area contributed by atoms with Gasteiger partial charge in [-0.3, -0.25) is 4.79 Å². The van der Waals surface area contributed by atoms with E-state index in [4.69, 9.17) is 9.47 Å². The van der Waals surface area contributed by atoms with Gasteiger partial charge >= 0.3 is 0 Å². The summed E-state index contributed by atoms with van der Waals surface area (Å²) >= 11 is 3.51. The number of halogens is 1. The Hall–Kier alpha value is -0.910. The second-order valence-electron chi connectivity index (χ2n) is 5.22. The zero-order chi connectivity index (χ0) is 14.5. The number of carbonyl (C=O) groups is 1. The van der Waals surface area contributed by atoms with Gasteiger partial charge < -0.3 is 14.8 Å². The molecule has 1 aliphatic heterocycles. The summed E-state index contributed by atoms with van der Waals surface area (Å²) in [6, 6.07) is 3.89. The molecule has 1 fully saturated rings. The topological polar surface area (TPSA) is 47.6 Å². The van der Waals surface area contributed by atoms with Crippen molar-refractivity contribution in [3.05, 3.63) is 27.7 Å². The van der Waals surface area contributed by atoms with Gasteiger partial charge in [0.05, 0.1) is 13.2 Å². The first-order valence-corrected chi connectivity index (χ1v) is 7.57. The fourth-order valence-electron chi connectivity index (χ4n) is 2.25. The summed E-state index contributed by atoms with van der Waals surface area (Å²) in [4.78, 5) is 11.8. The molecule has 5 heteroatoms. The van der Waals surface area contributed by atoms with Crippen LogP contribution in [0.4, 0.5) is 5.69 Å². The van der Waals surface area contributed by atoms with E-state index in [2.05, 4.69) is 21.2 Å². The average Bonchev–Trinajstić information content (AvgIpc) is 2.89. The van der Waals surface area contributed by atoms with Gasteiger partial charge in [-0.25, -0.2) is 0 Å². The van der Waals surface area contributed by atoms with Crippen LogP contribution in [0.1, 0.15) is 17.5 Å². The van der Waals surface area contributed by atoms with Gasteiger partial charge in [0.25, 0.3) is 0 Å². The van der Waals surface area contributed by atoms with E-state index in [0.717, 1.165) is 40.9 Å². The van der Waals surface area contributed by atoms with Crippen LogP contribution in [0.25, 0.3) is 0 Å². The largest absolute Gasteiger partial charge is 0.381 e. The number of anilines is 1. The summed E-state index contributed by atoms with van der Waals surface area (Å²) in [5.74, 6) is 0.310. The molecule has 0 aromatic heterocycles. The van der Waals surface area contributed by atoms with Crippen molar-refractivity contribution in [2.75, 3.05) is 31.7 Å². The Labute approximate surface area is 128 Å². The summed E-state index contributed by atoms with van der Waals surface area (Å²) in [5.41, 5.74) is 3.01. The molecule has 1 atom stereocenters. The van der Waals surface area contributed by atoms with E-state index in [1.807, 2.05) is 26.0 Å². The monoisotopic (exact) mass is 341 g/mol. The predicted octanol–water partition coefficient (Wildman–Crippen LogP) is 3.06. The fraction of sp³-hybridized carbons (Fsp3) is 0.533. The number of aryl methyl sites for hydroxylation is 2. The zero-order valence-corrected chi connectivity index (χ0v) is 13.5. The van der Waals surface area contributed by atoms with Crippen LogP contribution in [0.2, 0.25) is 0 Å². The molecule has 20 heavy (non-hydrogen) atoms. The third-order valence-corrected chi connectivity index (χ3v) is 4.58. The van der Waals surface area contributed by atoms with E-state index in [9.17, 15) is 4.79 Å². The van der Waals surface area contributed by atoms with E-state index >= 15 is 0 Å². The van der Waals surface area contributed by atoms with Gasteiger partial charge in [-0.1, -0.05) is 15.9 Å². The smallest absolute Gasteiger partial charge is 0.250 e. The second-order valence-corrected chi connectivity index (χ2v) is 6.01. The molecule has 1 saturated heterocycles. The highest BCUT2D eigenvalue weighted by Crippen LogP contribution is 2.24. The summed E-state index contributed by atoms with van der Waals surface area (Å²) in [5, 5.41) is 2.86. The van der Waals surface area contributed by atoms with Crippen LogP contribution in [-0.2, 0) is 14.3 Å². The van der Waals surface area contributed by atoms with Crippen LogP contribution < -0.4 is 5.32 Å². The minimum atomic E-state index is -0.120. The highest BCUT2D eigenvalue weighted by atomic mass is 79.9. The van der Waals surface area contributed by atoms with Crippen molar-refractivity contribution < 1.29 is 14.3 Å². The number of hydrogen-bond acceptors (Lipinski definition) is 3. The Balaban J connectivity index is 1.79. The number of carbonyl (C=O) groups excluding carboxylic acids is 1. The van der Waals surface area contributed by atoms with E-state index < -0.39 is 0 Å². The van der Waals surface area contributed by atoms with Crippen LogP contribution in [0.15, 0.2) is 16.6 Å². The Kier molecular flexibility index (Phi) is 5.57. The molecule has 0 spiro atoms. The van der Waals surface area contributed by atoms with Crippen molar-refractivity contribution in [3.63, 3.8) is 0 Å². The number of rotatable bonds is 5. The first kappa shape index (κ1) is 15.5. The molecule has 0 bridgehead atoms. The molecule has 0 radical (unpaired) electrons. The third-order valence-electron chi connectivity index (χ3n) is 3.33. The molecular formula is C15H20BrNO3. The Bertz CT molecular complexity index is 461. The van der Waals surface area contributed by atoms with Crippen LogP contribution in [0.3, 0.4) is 0 Å². The lowest BCUT2D eigenvalue weighted by molar-refractivity contribution is -0.121. The molecular weight excluding hydrogens is 322 g/mol. The van der Waals surface area contributed by atoms with Crippen molar-refractivity contribution in [1.29, 1.82) is 0 Å². The van der Waals surface area contributed by atoms with Crippen molar-refractivity contribution in [2.24, 2.45) is 5.92 Å². The summed E-state index contributed by atoms with van der Waals surface area (Å²) < 4.78 is 11.8. The number of hydrogen-bond donors (Lipinski definition) is 1. The van der Waals surface area contributed by atoms with Gasteiger partial charge in [0.1, 0.15) is 6.61 Å².